The molecule has 2 aromatic rings. The number of thiophene rings is 1. The number of aromatic nitrogens is 2. The molecule has 62 valence electrons. The van der Waals surface area contributed by atoms with Crippen molar-refractivity contribution in [3.05, 3.63) is 29.0 Å². The van der Waals surface area contributed by atoms with E-state index in [9.17, 15) is 0 Å². The van der Waals surface area contributed by atoms with Crippen LogP contribution in [0.4, 0.5) is 5.00 Å². The smallest absolute Gasteiger partial charge is 0.119 e. The number of nitrogen functional groups attached to an aromatic ring is 1. The van der Waals surface area contributed by atoms with Crippen molar-refractivity contribution in [1.29, 1.82) is 0 Å². The van der Waals surface area contributed by atoms with Gasteiger partial charge in [-0.05, 0) is 28.1 Å². The summed E-state index contributed by atoms with van der Waals surface area (Å²) in [4.78, 5) is 0. The van der Waals surface area contributed by atoms with Gasteiger partial charge in [-0.2, -0.15) is 5.10 Å². The Balaban J connectivity index is 2.43. The Bertz CT molecular complexity index is 355. The lowest BCUT2D eigenvalue weighted by atomic mass is 10.6. The minimum absolute atomic E-state index is 0.802. The average molecular weight is 244 g/mol. The summed E-state index contributed by atoms with van der Waals surface area (Å²) in [5.74, 6) is 0. The van der Waals surface area contributed by atoms with Crippen molar-refractivity contribution in [1.82, 2.24) is 9.78 Å². The Morgan fingerprint density at radius 1 is 1.50 bits per heavy atom. The first-order chi connectivity index (χ1) is 5.75. The second kappa shape index (κ2) is 2.91. The normalized spacial score (nSPS) is 10.4. The molecule has 2 heterocycles. The van der Waals surface area contributed by atoms with E-state index < -0.39 is 0 Å². The minimum Gasteiger partial charge on any atom is -0.391 e. The predicted molar refractivity (Wildman–Crippen MR) is 53.6 cm³/mol. The van der Waals surface area contributed by atoms with Gasteiger partial charge in [0.2, 0.25) is 0 Å². The molecule has 0 unspecified atom stereocenters. The summed E-state index contributed by atoms with van der Waals surface area (Å²) in [6.45, 7) is 0. The zero-order valence-corrected chi connectivity index (χ0v) is 8.47. The maximum atomic E-state index is 5.59. The molecule has 0 spiro atoms. The van der Waals surface area contributed by atoms with Crippen molar-refractivity contribution in [3.8, 4) is 5.00 Å². The number of hydrogen-bond acceptors (Lipinski definition) is 3. The lowest BCUT2D eigenvalue weighted by molar-refractivity contribution is 0.897. The molecule has 0 aliphatic carbocycles. The van der Waals surface area contributed by atoms with Gasteiger partial charge in [0.25, 0.3) is 0 Å². The highest BCUT2D eigenvalue weighted by Gasteiger charge is 2.00. The van der Waals surface area contributed by atoms with Crippen molar-refractivity contribution in [2.24, 2.45) is 0 Å². The van der Waals surface area contributed by atoms with Gasteiger partial charge in [0, 0.05) is 6.20 Å². The Kier molecular flexibility index (Phi) is 1.90. The molecule has 0 aliphatic rings. The molecule has 5 heteroatoms. The number of nitrogens with two attached hydrogens (primary N) is 1. The van der Waals surface area contributed by atoms with Crippen LogP contribution in [0.5, 0.6) is 0 Å². The van der Waals surface area contributed by atoms with Crippen LogP contribution in [0.15, 0.2) is 29.0 Å². The molecule has 0 radical (unpaired) electrons. The molecule has 0 saturated carbocycles. The fourth-order valence-corrected chi connectivity index (χ4v) is 1.88. The topological polar surface area (TPSA) is 43.8 Å². The van der Waals surface area contributed by atoms with E-state index in [-0.39, 0.29) is 0 Å². The molecule has 2 aromatic heterocycles. The number of anilines is 1. The van der Waals surface area contributed by atoms with Gasteiger partial charge in [-0.15, -0.1) is 0 Å². The molecular formula is C7H6BrN3S. The van der Waals surface area contributed by atoms with Crippen molar-refractivity contribution in [2.45, 2.75) is 0 Å². The number of hydrogen-bond donors (Lipinski definition) is 1. The molecule has 2 N–H and O–H groups in total. The summed E-state index contributed by atoms with van der Waals surface area (Å²) in [6.07, 6.45) is 3.64. The number of halogens is 1. The van der Waals surface area contributed by atoms with Crippen LogP contribution in [-0.4, -0.2) is 9.78 Å². The predicted octanol–water partition coefficient (Wildman–Crippen LogP) is 2.28. The Hall–Kier alpha value is -0.810. The van der Waals surface area contributed by atoms with Crippen molar-refractivity contribution < 1.29 is 0 Å². The van der Waals surface area contributed by atoms with Gasteiger partial charge in [-0.3, -0.25) is 0 Å². The largest absolute Gasteiger partial charge is 0.391 e. The zero-order valence-electron chi connectivity index (χ0n) is 6.07. The molecule has 3 nitrogen and oxygen atoms in total. The van der Waals surface area contributed by atoms with E-state index in [0.717, 1.165) is 14.5 Å². The van der Waals surface area contributed by atoms with Gasteiger partial charge >= 0.3 is 0 Å². The quantitative estimate of drug-likeness (QED) is 0.836. The standard InChI is InChI=1S/C7H6BrN3S/c8-5-3-10-11(4-5)7-2-1-6(9)12-7/h1-4H,9H2. The number of nitrogens with zero attached hydrogens (tertiary/aromatic N) is 2. The summed E-state index contributed by atoms with van der Waals surface area (Å²) < 4.78 is 2.75. The lowest BCUT2D eigenvalue weighted by Gasteiger charge is -1.92. The molecule has 0 aliphatic heterocycles. The Morgan fingerprint density at radius 2 is 2.33 bits per heavy atom. The molecule has 0 atom stereocenters. The highest BCUT2D eigenvalue weighted by molar-refractivity contribution is 9.10. The van der Waals surface area contributed by atoms with Crippen LogP contribution in [0.25, 0.3) is 5.00 Å². The van der Waals surface area contributed by atoms with Crippen LogP contribution in [0, 0.1) is 0 Å². The van der Waals surface area contributed by atoms with Gasteiger partial charge in [-0.1, -0.05) is 11.3 Å². The van der Waals surface area contributed by atoms with Crippen LogP contribution in [0.1, 0.15) is 0 Å². The van der Waals surface area contributed by atoms with Gasteiger partial charge in [-0.25, -0.2) is 4.68 Å². The van der Waals surface area contributed by atoms with E-state index in [2.05, 4.69) is 21.0 Å². The van der Waals surface area contributed by atoms with E-state index in [0.29, 0.717) is 0 Å². The second-order valence-electron chi connectivity index (χ2n) is 2.28. The first-order valence-electron chi connectivity index (χ1n) is 3.31. The first kappa shape index (κ1) is 7.82. The molecule has 0 amide bonds. The first-order valence-corrected chi connectivity index (χ1v) is 4.92. The monoisotopic (exact) mass is 243 g/mol. The number of rotatable bonds is 1. The molecule has 12 heavy (non-hydrogen) atoms. The summed E-state index contributed by atoms with van der Waals surface area (Å²) in [5, 5.41) is 5.95. The van der Waals surface area contributed by atoms with E-state index >= 15 is 0 Å². The molecule has 0 bridgehead atoms. The third-order valence-electron chi connectivity index (χ3n) is 1.39. The van der Waals surface area contributed by atoms with Crippen LogP contribution in [-0.2, 0) is 0 Å². The maximum Gasteiger partial charge on any atom is 0.119 e. The van der Waals surface area contributed by atoms with Crippen molar-refractivity contribution in [3.63, 3.8) is 0 Å². The van der Waals surface area contributed by atoms with Crippen LogP contribution < -0.4 is 5.73 Å². The average Bonchev–Trinajstić information content (AvgIpc) is 2.58. The van der Waals surface area contributed by atoms with Crippen LogP contribution in [0.3, 0.4) is 0 Å². The van der Waals surface area contributed by atoms with E-state index in [1.165, 1.54) is 11.3 Å². The lowest BCUT2D eigenvalue weighted by Crippen LogP contribution is -1.88. The second-order valence-corrected chi connectivity index (χ2v) is 4.29. The Morgan fingerprint density at radius 3 is 2.83 bits per heavy atom. The molecule has 0 fully saturated rings. The minimum atomic E-state index is 0.802. The van der Waals surface area contributed by atoms with E-state index in [4.69, 9.17) is 5.73 Å². The molecule has 0 aromatic carbocycles. The Labute approximate surface area is 81.9 Å². The highest BCUT2D eigenvalue weighted by Crippen LogP contribution is 2.22. The van der Waals surface area contributed by atoms with Crippen LogP contribution in [0.2, 0.25) is 0 Å². The van der Waals surface area contributed by atoms with Crippen molar-refractivity contribution in [2.75, 3.05) is 5.73 Å². The summed E-state index contributed by atoms with van der Waals surface area (Å²) in [6, 6.07) is 3.81. The zero-order chi connectivity index (χ0) is 8.55. The summed E-state index contributed by atoms with van der Waals surface area (Å²) in [5.41, 5.74) is 5.59. The summed E-state index contributed by atoms with van der Waals surface area (Å²) >= 11 is 4.84. The fraction of sp³-hybridized carbons (Fsp3) is 0. The van der Waals surface area contributed by atoms with E-state index in [1.54, 1.807) is 10.9 Å². The van der Waals surface area contributed by atoms with Crippen LogP contribution >= 0.6 is 27.3 Å². The molecular weight excluding hydrogens is 238 g/mol. The van der Waals surface area contributed by atoms with Gasteiger partial charge in [0.05, 0.1) is 15.7 Å². The third kappa shape index (κ3) is 1.37. The van der Waals surface area contributed by atoms with E-state index in [1.807, 2.05) is 18.3 Å². The SMILES string of the molecule is Nc1ccc(-n2cc(Br)cn2)s1. The maximum absolute atomic E-state index is 5.59. The van der Waals surface area contributed by atoms with Gasteiger partial charge < -0.3 is 5.73 Å². The van der Waals surface area contributed by atoms with Gasteiger partial charge in [0.1, 0.15) is 5.00 Å². The molecule has 2 rings (SSSR count). The fourth-order valence-electron chi connectivity index (χ4n) is 0.887. The van der Waals surface area contributed by atoms with Crippen molar-refractivity contribution >= 4 is 32.3 Å². The van der Waals surface area contributed by atoms with Gasteiger partial charge in [0.15, 0.2) is 0 Å². The summed E-state index contributed by atoms with van der Waals surface area (Å²) in [7, 11) is 0. The molecule has 0 saturated heterocycles. The highest BCUT2D eigenvalue weighted by atomic mass is 79.9. The third-order valence-corrected chi connectivity index (χ3v) is 2.70.